The van der Waals surface area contributed by atoms with Gasteiger partial charge in [0.05, 0.1) is 18.3 Å². The fourth-order valence-electron chi connectivity index (χ4n) is 1.13. The molecule has 4 heteroatoms. The van der Waals surface area contributed by atoms with Crippen LogP contribution < -0.4 is 5.73 Å². The molecule has 0 fully saturated rings. The summed E-state index contributed by atoms with van der Waals surface area (Å²) in [4.78, 5) is 0. The molecule has 1 aromatic rings. The highest BCUT2D eigenvalue weighted by molar-refractivity contribution is 5.06. The second-order valence-electron chi connectivity index (χ2n) is 3.00. The first-order valence-corrected chi connectivity index (χ1v) is 4.02. The van der Waals surface area contributed by atoms with Crippen molar-refractivity contribution < 1.29 is 5.11 Å². The zero-order chi connectivity index (χ0) is 9.14. The van der Waals surface area contributed by atoms with E-state index < -0.39 is 6.10 Å². The summed E-state index contributed by atoms with van der Waals surface area (Å²) in [5, 5.41) is 13.5. The fourth-order valence-corrected chi connectivity index (χ4v) is 1.13. The Labute approximate surface area is 72.0 Å². The van der Waals surface area contributed by atoms with Gasteiger partial charge in [-0.3, -0.25) is 4.68 Å². The predicted molar refractivity (Wildman–Crippen MR) is 46.8 cm³/mol. The van der Waals surface area contributed by atoms with Crippen molar-refractivity contribution in [2.24, 2.45) is 5.73 Å². The summed E-state index contributed by atoms with van der Waals surface area (Å²) in [7, 11) is 0. The standard InChI is InChI=1S/C8H15N3O/c1-6-3-7(2)11(10-6)5-8(12)4-9/h3,8,12H,4-5,9H2,1-2H3. The van der Waals surface area contributed by atoms with E-state index in [1.807, 2.05) is 19.9 Å². The van der Waals surface area contributed by atoms with Gasteiger partial charge in [0.15, 0.2) is 0 Å². The van der Waals surface area contributed by atoms with Crippen molar-refractivity contribution in [1.82, 2.24) is 9.78 Å². The molecule has 0 aromatic carbocycles. The fraction of sp³-hybridized carbons (Fsp3) is 0.625. The molecule has 0 aliphatic carbocycles. The zero-order valence-electron chi connectivity index (χ0n) is 7.49. The summed E-state index contributed by atoms with van der Waals surface area (Å²) in [6.45, 7) is 4.65. The molecule has 4 nitrogen and oxygen atoms in total. The average molecular weight is 169 g/mol. The van der Waals surface area contributed by atoms with Crippen LogP contribution in [0.3, 0.4) is 0 Å². The van der Waals surface area contributed by atoms with Gasteiger partial charge in [-0.2, -0.15) is 5.10 Å². The first-order valence-electron chi connectivity index (χ1n) is 4.02. The van der Waals surface area contributed by atoms with E-state index in [-0.39, 0.29) is 6.54 Å². The lowest BCUT2D eigenvalue weighted by atomic mass is 10.3. The molecule has 1 atom stereocenters. The van der Waals surface area contributed by atoms with Crippen molar-refractivity contribution in [1.29, 1.82) is 0 Å². The lowest BCUT2D eigenvalue weighted by molar-refractivity contribution is 0.156. The molecule has 0 amide bonds. The number of hydrogen-bond acceptors (Lipinski definition) is 3. The minimum Gasteiger partial charge on any atom is -0.390 e. The monoisotopic (exact) mass is 169 g/mol. The molecule has 0 saturated carbocycles. The maximum absolute atomic E-state index is 9.26. The van der Waals surface area contributed by atoms with Crippen molar-refractivity contribution in [3.8, 4) is 0 Å². The molecule has 1 unspecified atom stereocenters. The van der Waals surface area contributed by atoms with Crippen molar-refractivity contribution in [3.63, 3.8) is 0 Å². The van der Waals surface area contributed by atoms with E-state index in [1.165, 1.54) is 0 Å². The van der Waals surface area contributed by atoms with Gasteiger partial charge in [0.25, 0.3) is 0 Å². The number of aryl methyl sites for hydroxylation is 2. The minimum absolute atomic E-state index is 0.276. The molecule has 0 aliphatic heterocycles. The third-order valence-corrected chi connectivity index (χ3v) is 1.76. The molecule has 1 aromatic heterocycles. The molecule has 1 rings (SSSR count). The van der Waals surface area contributed by atoms with E-state index in [0.717, 1.165) is 11.4 Å². The topological polar surface area (TPSA) is 64.1 Å². The quantitative estimate of drug-likeness (QED) is 0.659. The van der Waals surface area contributed by atoms with Crippen LogP contribution >= 0.6 is 0 Å². The Morgan fingerprint density at radius 3 is 2.75 bits per heavy atom. The summed E-state index contributed by atoms with van der Waals surface area (Å²) < 4.78 is 1.77. The lowest BCUT2D eigenvalue weighted by Crippen LogP contribution is -2.26. The zero-order valence-corrected chi connectivity index (χ0v) is 7.49. The molecular formula is C8H15N3O. The molecule has 0 bridgehead atoms. The van der Waals surface area contributed by atoms with E-state index in [9.17, 15) is 5.11 Å². The van der Waals surface area contributed by atoms with Gasteiger partial charge in [0.1, 0.15) is 0 Å². The Hall–Kier alpha value is -0.870. The second kappa shape index (κ2) is 3.69. The third kappa shape index (κ3) is 2.06. The molecular weight excluding hydrogens is 154 g/mol. The summed E-state index contributed by atoms with van der Waals surface area (Å²) >= 11 is 0. The summed E-state index contributed by atoms with van der Waals surface area (Å²) in [6, 6.07) is 1.98. The van der Waals surface area contributed by atoms with Crippen LogP contribution in [0.15, 0.2) is 6.07 Å². The number of aliphatic hydroxyl groups is 1. The van der Waals surface area contributed by atoms with Crippen LogP contribution in [0.2, 0.25) is 0 Å². The van der Waals surface area contributed by atoms with Crippen LogP contribution in [-0.2, 0) is 6.54 Å². The highest BCUT2D eigenvalue weighted by Crippen LogP contribution is 2.02. The smallest absolute Gasteiger partial charge is 0.0858 e. The summed E-state index contributed by atoms with van der Waals surface area (Å²) in [5.74, 6) is 0. The van der Waals surface area contributed by atoms with E-state index in [0.29, 0.717) is 6.54 Å². The Morgan fingerprint density at radius 1 is 1.67 bits per heavy atom. The summed E-state index contributed by atoms with van der Waals surface area (Å²) in [5.41, 5.74) is 7.31. The van der Waals surface area contributed by atoms with Gasteiger partial charge in [0, 0.05) is 12.2 Å². The van der Waals surface area contributed by atoms with E-state index in [2.05, 4.69) is 5.10 Å². The Bertz CT molecular complexity index is 257. The van der Waals surface area contributed by atoms with Gasteiger partial charge in [-0.15, -0.1) is 0 Å². The van der Waals surface area contributed by atoms with Gasteiger partial charge in [0.2, 0.25) is 0 Å². The third-order valence-electron chi connectivity index (χ3n) is 1.76. The van der Waals surface area contributed by atoms with E-state index in [1.54, 1.807) is 4.68 Å². The van der Waals surface area contributed by atoms with Crippen LogP contribution in [0.25, 0.3) is 0 Å². The van der Waals surface area contributed by atoms with Crippen LogP contribution in [0.4, 0.5) is 0 Å². The molecule has 12 heavy (non-hydrogen) atoms. The molecule has 0 spiro atoms. The first kappa shape index (κ1) is 9.22. The molecule has 0 radical (unpaired) electrons. The van der Waals surface area contributed by atoms with Crippen molar-refractivity contribution in [2.45, 2.75) is 26.5 Å². The van der Waals surface area contributed by atoms with Crippen molar-refractivity contribution in [3.05, 3.63) is 17.5 Å². The largest absolute Gasteiger partial charge is 0.390 e. The maximum Gasteiger partial charge on any atom is 0.0858 e. The molecule has 68 valence electrons. The molecule has 3 N–H and O–H groups in total. The Kier molecular flexibility index (Phi) is 2.83. The Balaban J connectivity index is 2.68. The molecule has 1 heterocycles. The number of hydrogen-bond donors (Lipinski definition) is 2. The normalized spacial score (nSPS) is 13.3. The van der Waals surface area contributed by atoms with Gasteiger partial charge in [-0.1, -0.05) is 0 Å². The van der Waals surface area contributed by atoms with Gasteiger partial charge < -0.3 is 10.8 Å². The Morgan fingerprint density at radius 2 is 2.33 bits per heavy atom. The number of nitrogens with two attached hydrogens (primary N) is 1. The highest BCUT2D eigenvalue weighted by Gasteiger charge is 2.05. The number of rotatable bonds is 3. The number of nitrogens with zero attached hydrogens (tertiary/aromatic N) is 2. The number of aliphatic hydroxyl groups excluding tert-OH is 1. The van der Waals surface area contributed by atoms with Gasteiger partial charge >= 0.3 is 0 Å². The second-order valence-corrected chi connectivity index (χ2v) is 3.00. The highest BCUT2D eigenvalue weighted by atomic mass is 16.3. The average Bonchev–Trinajstić information content (AvgIpc) is 2.30. The SMILES string of the molecule is Cc1cc(C)n(CC(O)CN)n1. The predicted octanol–water partition coefficient (Wildman–Crippen LogP) is -0.180. The number of aromatic nitrogens is 2. The molecule has 0 saturated heterocycles. The van der Waals surface area contributed by atoms with Crippen molar-refractivity contribution in [2.75, 3.05) is 6.54 Å². The van der Waals surface area contributed by atoms with Crippen LogP contribution in [0, 0.1) is 13.8 Å². The van der Waals surface area contributed by atoms with Gasteiger partial charge in [-0.25, -0.2) is 0 Å². The lowest BCUT2D eigenvalue weighted by Gasteiger charge is -2.08. The van der Waals surface area contributed by atoms with Crippen LogP contribution in [0.5, 0.6) is 0 Å². The van der Waals surface area contributed by atoms with E-state index in [4.69, 9.17) is 5.73 Å². The van der Waals surface area contributed by atoms with E-state index >= 15 is 0 Å². The summed E-state index contributed by atoms with van der Waals surface area (Å²) in [6.07, 6.45) is -0.497. The van der Waals surface area contributed by atoms with Crippen LogP contribution in [-0.4, -0.2) is 27.5 Å². The van der Waals surface area contributed by atoms with Gasteiger partial charge in [-0.05, 0) is 19.9 Å². The minimum atomic E-state index is -0.497. The van der Waals surface area contributed by atoms with Crippen LogP contribution in [0.1, 0.15) is 11.4 Å². The first-order chi connectivity index (χ1) is 5.63. The van der Waals surface area contributed by atoms with Crippen molar-refractivity contribution >= 4 is 0 Å². The molecule has 0 aliphatic rings. The maximum atomic E-state index is 9.26.